The lowest BCUT2D eigenvalue weighted by Crippen LogP contribution is -2.31. The molecule has 37 heavy (non-hydrogen) atoms. The first kappa shape index (κ1) is 26.7. The summed E-state index contributed by atoms with van der Waals surface area (Å²) in [6.07, 6.45) is 1.52. The number of nitrogens with zero attached hydrogens (tertiary/aromatic N) is 2. The van der Waals surface area contributed by atoms with E-state index in [1.54, 1.807) is 19.1 Å². The second-order valence-electron chi connectivity index (χ2n) is 11.6. The van der Waals surface area contributed by atoms with Gasteiger partial charge in [-0.15, -0.1) is 11.3 Å². The van der Waals surface area contributed by atoms with Crippen molar-refractivity contribution in [3.8, 4) is 5.75 Å². The van der Waals surface area contributed by atoms with Crippen LogP contribution < -0.4 is 0 Å². The Balaban J connectivity index is 1.98. The highest BCUT2D eigenvalue weighted by Crippen LogP contribution is 2.46. The fourth-order valence-electron chi connectivity index (χ4n) is 4.79. The molecule has 0 bridgehead atoms. The fourth-order valence-corrected chi connectivity index (χ4v) is 5.66. The van der Waals surface area contributed by atoms with Gasteiger partial charge in [0.05, 0.1) is 40.0 Å². The number of aromatic hydroxyl groups is 1. The summed E-state index contributed by atoms with van der Waals surface area (Å²) in [5.41, 5.74) is 1.75. The molecule has 1 aromatic carbocycles. The van der Waals surface area contributed by atoms with E-state index in [0.717, 1.165) is 5.01 Å². The van der Waals surface area contributed by atoms with Gasteiger partial charge in [-0.2, -0.15) is 0 Å². The number of carbonyl (C=O) groups excluding carboxylic acids is 2. The van der Waals surface area contributed by atoms with Crippen LogP contribution in [0.1, 0.15) is 90.4 Å². The minimum Gasteiger partial charge on any atom is -0.507 e. The second-order valence-corrected chi connectivity index (χ2v) is 12.8. The van der Waals surface area contributed by atoms with E-state index < -0.39 is 34.3 Å². The molecule has 7 nitrogen and oxygen atoms in total. The minimum absolute atomic E-state index is 0.00807. The quantitative estimate of drug-likeness (QED) is 0.374. The second kappa shape index (κ2) is 9.17. The van der Waals surface area contributed by atoms with E-state index >= 15 is 0 Å². The summed E-state index contributed by atoms with van der Waals surface area (Å²) in [5.74, 6) is -0.930. The van der Waals surface area contributed by atoms with Crippen LogP contribution in [0.4, 0.5) is 0 Å². The molecule has 8 heteroatoms. The molecule has 1 atom stereocenters. The zero-order chi connectivity index (χ0) is 27.4. The van der Waals surface area contributed by atoms with Crippen LogP contribution in [0.3, 0.4) is 0 Å². The topological polar surface area (TPSA) is 104 Å². The predicted molar refractivity (Wildman–Crippen MR) is 143 cm³/mol. The van der Waals surface area contributed by atoms with E-state index in [0.29, 0.717) is 33.0 Å². The van der Waals surface area contributed by atoms with Gasteiger partial charge in [-0.1, -0.05) is 41.5 Å². The molecular formula is C29H34N2O5S. The van der Waals surface area contributed by atoms with Crippen LogP contribution in [0.15, 0.2) is 46.3 Å². The summed E-state index contributed by atoms with van der Waals surface area (Å²) in [5, 5.41) is 23.1. The van der Waals surface area contributed by atoms with E-state index in [1.807, 2.05) is 60.6 Å². The van der Waals surface area contributed by atoms with Crippen LogP contribution in [0.25, 0.3) is 0 Å². The first-order valence-corrected chi connectivity index (χ1v) is 13.1. The number of hydrogen-bond donors (Lipinski definition) is 2. The molecule has 0 fully saturated rings. The monoisotopic (exact) mass is 522 g/mol. The van der Waals surface area contributed by atoms with E-state index in [1.165, 1.54) is 22.5 Å². The number of phenols is 1. The van der Waals surface area contributed by atoms with Crippen molar-refractivity contribution in [2.75, 3.05) is 0 Å². The van der Waals surface area contributed by atoms with Gasteiger partial charge in [-0.3, -0.25) is 9.59 Å². The van der Waals surface area contributed by atoms with Crippen molar-refractivity contribution in [2.45, 2.75) is 78.8 Å². The third-order valence-electron chi connectivity index (χ3n) is 6.63. The van der Waals surface area contributed by atoms with Crippen LogP contribution in [0.2, 0.25) is 0 Å². The summed E-state index contributed by atoms with van der Waals surface area (Å²) in [6.45, 7) is 15.6. The lowest BCUT2D eigenvalue weighted by atomic mass is 9.77. The third kappa shape index (κ3) is 4.82. The summed E-state index contributed by atoms with van der Waals surface area (Å²) in [6, 6.07) is 6.28. The highest BCUT2D eigenvalue weighted by molar-refractivity contribution is 7.14. The molecule has 0 saturated carbocycles. The molecule has 2 N–H and O–H groups in total. The molecule has 1 aliphatic heterocycles. The van der Waals surface area contributed by atoms with Gasteiger partial charge in [0.15, 0.2) is 5.76 Å². The Kier molecular flexibility index (Phi) is 6.61. The molecule has 0 saturated heterocycles. The standard InChI is InChI=1S/C29H34N2O5S/c1-15-26(37-16(2)30-15)24(33)21-22(31(27(35)25(21)34)14-18-10-9-11-36-18)17-12-19(28(3,4)5)23(32)20(13-17)29(6,7)8/h9-13,22,32,34H,14H2,1-8H3. The third-order valence-corrected chi connectivity index (χ3v) is 7.70. The number of phenolic OH excluding ortho intramolecular Hbond substituents is 1. The summed E-state index contributed by atoms with van der Waals surface area (Å²) >= 11 is 1.24. The maximum absolute atomic E-state index is 13.9. The molecule has 1 aliphatic rings. The number of amides is 1. The maximum Gasteiger partial charge on any atom is 0.290 e. The summed E-state index contributed by atoms with van der Waals surface area (Å²) in [7, 11) is 0. The zero-order valence-electron chi connectivity index (χ0n) is 22.6. The fraction of sp³-hybridized carbons (Fsp3) is 0.414. The number of aryl methyl sites for hydroxylation is 2. The van der Waals surface area contributed by atoms with Crippen LogP contribution in [-0.2, 0) is 22.2 Å². The highest BCUT2D eigenvalue weighted by Gasteiger charge is 2.45. The van der Waals surface area contributed by atoms with Crippen molar-refractivity contribution in [3.05, 3.63) is 79.9 Å². The molecule has 3 aromatic rings. The molecule has 3 heterocycles. The Morgan fingerprint density at radius 2 is 1.68 bits per heavy atom. The molecule has 0 spiro atoms. The lowest BCUT2D eigenvalue weighted by Gasteiger charge is -2.32. The molecule has 196 valence electrons. The first-order valence-electron chi connectivity index (χ1n) is 12.2. The molecule has 0 aliphatic carbocycles. The number of benzene rings is 1. The Morgan fingerprint density at radius 3 is 2.14 bits per heavy atom. The minimum atomic E-state index is -0.880. The Hall–Kier alpha value is -3.39. The number of aliphatic hydroxyl groups is 1. The van der Waals surface area contributed by atoms with E-state index in [2.05, 4.69) is 4.98 Å². The predicted octanol–water partition coefficient (Wildman–Crippen LogP) is 6.43. The number of aromatic nitrogens is 1. The van der Waals surface area contributed by atoms with Crippen molar-refractivity contribution in [3.63, 3.8) is 0 Å². The number of Topliss-reactive ketones (excluding diaryl/α,β-unsaturated/α-hetero) is 1. The number of aliphatic hydroxyl groups excluding tert-OH is 1. The Labute approximate surface area is 221 Å². The van der Waals surface area contributed by atoms with Gasteiger partial charge in [-0.05, 0) is 65.6 Å². The van der Waals surface area contributed by atoms with Crippen molar-refractivity contribution >= 4 is 23.0 Å². The average Bonchev–Trinajstić information content (AvgIpc) is 3.47. The SMILES string of the molecule is Cc1nc(C)c(C(=O)C2=C(O)C(=O)N(Cc3ccco3)C2c2cc(C(C)(C)C)c(O)c(C(C)(C)C)c2)s1. The van der Waals surface area contributed by atoms with Gasteiger partial charge in [0.1, 0.15) is 11.5 Å². The van der Waals surface area contributed by atoms with Gasteiger partial charge in [0.25, 0.3) is 5.91 Å². The molecule has 1 unspecified atom stereocenters. The molecule has 0 radical (unpaired) electrons. The van der Waals surface area contributed by atoms with E-state index in [4.69, 9.17) is 4.42 Å². The number of ketones is 1. The zero-order valence-corrected chi connectivity index (χ0v) is 23.4. The van der Waals surface area contributed by atoms with Gasteiger partial charge in [0, 0.05) is 0 Å². The van der Waals surface area contributed by atoms with Crippen molar-refractivity contribution < 1.29 is 24.2 Å². The molecule has 2 aromatic heterocycles. The lowest BCUT2D eigenvalue weighted by molar-refractivity contribution is -0.130. The number of hydrogen-bond acceptors (Lipinski definition) is 7. The number of rotatable bonds is 5. The summed E-state index contributed by atoms with van der Waals surface area (Å²) in [4.78, 5) is 33.6. The molecular weight excluding hydrogens is 488 g/mol. The van der Waals surface area contributed by atoms with Crippen molar-refractivity contribution in [1.29, 1.82) is 0 Å². The smallest absolute Gasteiger partial charge is 0.290 e. The Morgan fingerprint density at radius 1 is 1.08 bits per heavy atom. The Bertz CT molecular complexity index is 1370. The molecule has 1 amide bonds. The first-order chi connectivity index (χ1) is 17.1. The molecule has 4 rings (SSSR count). The largest absolute Gasteiger partial charge is 0.507 e. The van der Waals surface area contributed by atoms with Crippen LogP contribution in [0.5, 0.6) is 5.75 Å². The van der Waals surface area contributed by atoms with Crippen molar-refractivity contribution in [1.82, 2.24) is 9.88 Å². The van der Waals surface area contributed by atoms with Gasteiger partial charge >= 0.3 is 0 Å². The number of carbonyl (C=O) groups is 2. The maximum atomic E-state index is 13.9. The van der Waals surface area contributed by atoms with E-state index in [9.17, 15) is 19.8 Å². The number of thiazole rings is 1. The highest BCUT2D eigenvalue weighted by atomic mass is 32.1. The van der Waals surface area contributed by atoms with Crippen LogP contribution in [0, 0.1) is 13.8 Å². The number of furan rings is 1. The summed E-state index contributed by atoms with van der Waals surface area (Å²) < 4.78 is 5.51. The van der Waals surface area contributed by atoms with Crippen molar-refractivity contribution in [2.24, 2.45) is 0 Å². The van der Waals surface area contributed by atoms with Gasteiger partial charge < -0.3 is 19.5 Å². The normalized spacial score (nSPS) is 16.7. The van der Waals surface area contributed by atoms with Crippen LogP contribution in [-0.4, -0.2) is 31.8 Å². The van der Waals surface area contributed by atoms with E-state index in [-0.39, 0.29) is 17.9 Å². The van der Waals surface area contributed by atoms with Gasteiger partial charge in [0.2, 0.25) is 5.78 Å². The average molecular weight is 523 g/mol. The van der Waals surface area contributed by atoms with Gasteiger partial charge in [-0.25, -0.2) is 4.98 Å². The van der Waals surface area contributed by atoms with Crippen LogP contribution >= 0.6 is 11.3 Å².